The van der Waals surface area contributed by atoms with Crippen molar-refractivity contribution in [2.75, 3.05) is 6.54 Å². The lowest BCUT2D eigenvalue weighted by molar-refractivity contribution is -0.144. The fourth-order valence-electron chi connectivity index (χ4n) is 4.00. The van der Waals surface area contributed by atoms with Crippen LogP contribution in [0.15, 0.2) is 79.0 Å². The van der Waals surface area contributed by atoms with E-state index in [1.165, 1.54) is 0 Å². The molecule has 2 atom stereocenters. The summed E-state index contributed by atoms with van der Waals surface area (Å²) in [5, 5.41) is 9.95. The number of rotatable bonds is 10. The Morgan fingerprint density at radius 2 is 1.79 bits per heavy atom. The molecule has 1 heterocycles. The maximum Gasteiger partial charge on any atom is 0.321 e. The quantitative estimate of drug-likeness (QED) is 0.286. The van der Waals surface area contributed by atoms with E-state index in [9.17, 15) is 23.2 Å². The van der Waals surface area contributed by atoms with E-state index in [1.807, 2.05) is 6.07 Å². The zero-order valence-corrected chi connectivity index (χ0v) is 21.2. The first-order valence-corrected chi connectivity index (χ1v) is 12.1. The van der Waals surface area contributed by atoms with Crippen LogP contribution in [0.1, 0.15) is 35.9 Å². The summed E-state index contributed by atoms with van der Waals surface area (Å²) in [5.74, 6) is -5.56. The summed E-state index contributed by atoms with van der Waals surface area (Å²) < 4.78 is 34.9. The second kappa shape index (κ2) is 11.3. The number of aromatic nitrogens is 2. The number of nitrogens with two attached hydrogens (primary N) is 1. The summed E-state index contributed by atoms with van der Waals surface area (Å²) in [4.78, 5) is 35.2. The van der Waals surface area contributed by atoms with Gasteiger partial charge in [-0.2, -0.15) is 13.9 Å². The van der Waals surface area contributed by atoms with Gasteiger partial charge in [0.25, 0.3) is 11.8 Å². The molecule has 0 fully saturated rings. The summed E-state index contributed by atoms with van der Waals surface area (Å²) in [7, 11) is 0. The van der Waals surface area contributed by atoms with E-state index in [-0.39, 0.29) is 6.54 Å². The number of hydrogen-bond donors (Lipinski definition) is 3. The Bertz CT molecular complexity index is 1500. The molecular weight excluding hydrogens is 508 g/mol. The van der Waals surface area contributed by atoms with E-state index in [1.54, 1.807) is 84.5 Å². The number of alkyl halides is 2. The summed E-state index contributed by atoms with van der Waals surface area (Å²) in [6, 6.07) is 20.2. The number of fused-ring (bicyclic) bond motifs is 1. The van der Waals surface area contributed by atoms with Gasteiger partial charge in [0.05, 0.1) is 30.0 Å². The number of benzene rings is 3. The number of amides is 3. The van der Waals surface area contributed by atoms with Crippen molar-refractivity contribution in [3.8, 4) is 11.4 Å². The number of carbonyl (C=O) groups is 3. The van der Waals surface area contributed by atoms with Gasteiger partial charge in [-0.15, -0.1) is 0 Å². The van der Waals surface area contributed by atoms with Crippen molar-refractivity contribution in [2.45, 2.75) is 31.9 Å². The van der Waals surface area contributed by atoms with Crippen molar-refractivity contribution in [3.05, 3.63) is 90.1 Å². The van der Waals surface area contributed by atoms with Crippen LogP contribution in [0, 0.1) is 0 Å². The molecule has 39 heavy (non-hydrogen) atoms. The van der Waals surface area contributed by atoms with Crippen LogP contribution >= 0.6 is 0 Å². The second-order valence-electron chi connectivity index (χ2n) is 9.08. The molecule has 0 saturated heterocycles. The Balaban J connectivity index is 1.59. The van der Waals surface area contributed by atoms with Crippen LogP contribution in [0.2, 0.25) is 0 Å². The number of hydrogen-bond acceptors (Lipinski definition) is 5. The van der Waals surface area contributed by atoms with E-state index in [4.69, 9.17) is 10.5 Å². The first-order chi connectivity index (χ1) is 18.5. The lowest BCUT2D eigenvalue weighted by Crippen LogP contribution is -2.46. The molecule has 1 aromatic heterocycles. The van der Waals surface area contributed by atoms with Gasteiger partial charge in [0.15, 0.2) is 0 Å². The Morgan fingerprint density at radius 3 is 2.49 bits per heavy atom. The third-order valence-corrected chi connectivity index (χ3v) is 5.92. The number of primary amides is 1. The minimum atomic E-state index is -3.52. The monoisotopic (exact) mass is 535 g/mol. The van der Waals surface area contributed by atoms with Crippen LogP contribution in [0.3, 0.4) is 0 Å². The van der Waals surface area contributed by atoms with E-state index in [0.29, 0.717) is 29.5 Å². The van der Waals surface area contributed by atoms with Gasteiger partial charge in [-0.25, -0.2) is 4.68 Å². The fraction of sp³-hybridized carbons (Fsp3) is 0.214. The first kappa shape index (κ1) is 27.2. The molecule has 0 aliphatic heterocycles. The third-order valence-electron chi connectivity index (χ3n) is 5.92. The van der Waals surface area contributed by atoms with Crippen molar-refractivity contribution >= 4 is 28.6 Å². The molecule has 0 saturated carbocycles. The Kier molecular flexibility index (Phi) is 7.89. The maximum atomic E-state index is 13.5. The number of carbonyl (C=O) groups excluding carboxylic acids is 3. The van der Waals surface area contributed by atoms with Crippen LogP contribution in [-0.4, -0.2) is 46.0 Å². The highest BCUT2D eigenvalue weighted by Crippen LogP contribution is 2.29. The van der Waals surface area contributed by atoms with Crippen molar-refractivity contribution < 1.29 is 27.9 Å². The van der Waals surface area contributed by atoms with Gasteiger partial charge in [-0.1, -0.05) is 36.4 Å². The molecule has 0 spiro atoms. The van der Waals surface area contributed by atoms with E-state index >= 15 is 0 Å². The Hall–Kier alpha value is -4.80. The Morgan fingerprint density at radius 1 is 1.05 bits per heavy atom. The van der Waals surface area contributed by atoms with Gasteiger partial charge in [0.2, 0.25) is 5.91 Å². The van der Waals surface area contributed by atoms with Crippen molar-refractivity contribution in [1.82, 2.24) is 20.4 Å². The molecule has 0 unspecified atom stereocenters. The molecular formula is C28H27F2N5O4. The molecule has 4 rings (SSSR count). The molecule has 3 aromatic carbocycles. The van der Waals surface area contributed by atoms with Gasteiger partial charge >= 0.3 is 5.92 Å². The summed E-state index contributed by atoms with van der Waals surface area (Å²) in [5.41, 5.74) is 7.46. The zero-order valence-electron chi connectivity index (χ0n) is 21.2. The smallest absolute Gasteiger partial charge is 0.321 e. The predicted molar refractivity (Wildman–Crippen MR) is 141 cm³/mol. The van der Waals surface area contributed by atoms with Crippen LogP contribution in [0.25, 0.3) is 16.6 Å². The van der Waals surface area contributed by atoms with Gasteiger partial charge in [0.1, 0.15) is 11.9 Å². The van der Waals surface area contributed by atoms with Gasteiger partial charge < -0.3 is 21.1 Å². The van der Waals surface area contributed by atoms with Crippen molar-refractivity contribution in [3.63, 3.8) is 0 Å². The van der Waals surface area contributed by atoms with Crippen LogP contribution in [0.5, 0.6) is 5.75 Å². The average Bonchev–Trinajstić information content (AvgIpc) is 3.33. The molecule has 4 N–H and O–H groups in total. The van der Waals surface area contributed by atoms with Gasteiger partial charge in [0, 0.05) is 17.9 Å². The number of nitrogens with zero attached hydrogens (tertiary/aromatic N) is 2. The molecule has 3 amide bonds. The molecule has 202 valence electrons. The highest BCUT2D eigenvalue weighted by molar-refractivity contribution is 5.97. The fourth-order valence-corrected chi connectivity index (χ4v) is 4.00. The SMILES string of the molecule is C[C@H](NC(=O)C(C)(F)F)[C@H](Oc1ccc2c(cnn2-c2cccc(C(=O)NCC(N)=O)c2)c1)c1ccccc1. The molecule has 4 aromatic rings. The number of nitrogens with one attached hydrogen (secondary N) is 2. The standard InChI is InChI=1S/C28H27F2N5O4/c1-17(34-27(38)28(2,29)30)25(18-7-4-3-5-8-18)39-22-11-12-23-20(14-22)15-33-35(23)21-10-6-9-19(13-21)26(37)32-16-24(31)36/h3-15,17,25H,16H2,1-2H3,(H2,31,36)(H,32,37)(H,34,38)/t17-,25-/m0/s1. The van der Waals surface area contributed by atoms with E-state index < -0.39 is 35.8 Å². The van der Waals surface area contributed by atoms with E-state index in [0.717, 1.165) is 10.9 Å². The van der Waals surface area contributed by atoms with Gasteiger partial charge in [-0.3, -0.25) is 14.4 Å². The molecule has 9 nitrogen and oxygen atoms in total. The molecule has 11 heteroatoms. The van der Waals surface area contributed by atoms with Gasteiger partial charge in [-0.05, 0) is 48.9 Å². The largest absolute Gasteiger partial charge is 0.484 e. The number of ether oxygens (including phenoxy) is 1. The molecule has 0 radical (unpaired) electrons. The Labute approximate surface area is 222 Å². The minimum absolute atomic E-state index is 0.274. The molecule has 0 bridgehead atoms. The number of halogens is 2. The molecule has 0 aliphatic carbocycles. The second-order valence-corrected chi connectivity index (χ2v) is 9.08. The topological polar surface area (TPSA) is 128 Å². The predicted octanol–water partition coefficient (Wildman–Crippen LogP) is 3.52. The lowest BCUT2D eigenvalue weighted by atomic mass is 10.0. The third kappa shape index (κ3) is 6.56. The first-order valence-electron chi connectivity index (χ1n) is 12.1. The van der Waals surface area contributed by atoms with Crippen molar-refractivity contribution in [1.29, 1.82) is 0 Å². The average molecular weight is 536 g/mol. The van der Waals surface area contributed by atoms with Crippen LogP contribution in [-0.2, 0) is 9.59 Å². The zero-order chi connectivity index (χ0) is 28.2. The summed E-state index contributed by atoms with van der Waals surface area (Å²) >= 11 is 0. The maximum absolute atomic E-state index is 13.5. The van der Waals surface area contributed by atoms with Crippen LogP contribution in [0.4, 0.5) is 8.78 Å². The molecule has 0 aliphatic rings. The highest BCUT2D eigenvalue weighted by Gasteiger charge is 2.35. The van der Waals surface area contributed by atoms with E-state index in [2.05, 4.69) is 15.7 Å². The normalized spacial score (nSPS) is 12.9. The summed E-state index contributed by atoms with van der Waals surface area (Å²) in [6.45, 7) is 1.87. The minimum Gasteiger partial charge on any atom is -0.484 e. The van der Waals surface area contributed by atoms with Crippen LogP contribution < -0.4 is 21.1 Å². The summed E-state index contributed by atoms with van der Waals surface area (Å²) in [6.07, 6.45) is 0.878. The lowest BCUT2D eigenvalue weighted by Gasteiger charge is -2.27. The highest BCUT2D eigenvalue weighted by atomic mass is 19.3. The van der Waals surface area contributed by atoms with Crippen molar-refractivity contribution in [2.24, 2.45) is 5.73 Å².